The summed E-state index contributed by atoms with van der Waals surface area (Å²) >= 11 is 3.49. The zero-order valence-electron chi connectivity index (χ0n) is 18.3. The van der Waals surface area contributed by atoms with Gasteiger partial charge in [-0.05, 0) is 87.3 Å². The molecule has 0 bridgehead atoms. The minimum atomic E-state index is -0.833. The summed E-state index contributed by atoms with van der Waals surface area (Å²) < 4.78 is 15.7. The maximum Gasteiger partial charge on any atom is 0.284 e. The molecule has 0 saturated heterocycles. The molecule has 0 atom stereocenters. The number of hydrogen-bond donors (Lipinski definition) is 2. The van der Waals surface area contributed by atoms with Gasteiger partial charge in [0.15, 0.2) is 5.83 Å². The number of carbonyl (C=O) groups is 1. The average molecular weight is 504 g/mol. The van der Waals surface area contributed by atoms with Crippen molar-refractivity contribution in [3.63, 3.8) is 0 Å². The third-order valence-electron chi connectivity index (χ3n) is 5.69. The monoisotopic (exact) mass is 503 g/mol. The molecule has 33 heavy (non-hydrogen) atoms. The molecular weight excluding hydrogens is 481 g/mol. The summed E-state index contributed by atoms with van der Waals surface area (Å²) in [5.74, 6) is -1.63. The fraction of sp³-hybridized carbons (Fsp3) is 0.111. The third kappa shape index (κ3) is 4.72. The number of aryl methyl sites for hydroxylation is 1. The maximum absolute atomic E-state index is 15.1. The van der Waals surface area contributed by atoms with Crippen molar-refractivity contribution in [3.8, 4) is 11.1 Å². The molecular formula is C27H23BrFN3O. The first-order valence-electron chi connectivity index (χ1n) is 10.5. The number of pyridine rings is 1. The standard InChI is InChI=1S/C27H23BrFN3O/c1-16(19-8-7-18-11-12-31-17(2)23(18)13-19)26(29)27(33)32-25-10-9-20(14-24(25)28)22-6-4-3-5-21(22)15-30/h3-14H,15,30H2,1-2H3,(H,32,33)/b26-16+. The molecule has 0 saturated carbocycles. The lowest BCUT2D eigenvalue weighted by molar-refractivity contribution is -0.114. The summed E-state index contributed by atoms with van der Waals surface area (Å²) in [5, 5.41) is 4.61. The van der Waals surface area contributed by atoms with Crippen LogP contribution in [-0.2, 0) is 11.3 Å². The summed E-state index contributed by atoms with van der Waals surface area (Å²) in [7, 11) is 0. The van der Waals surface area contributed by atoms with Gasteiger partial charge >= 0.3 is 0 Å². The molecule has 0 radical (unpaired) electrons. The van der Waals surface area contributed by atoms with Gasteiger partial charge in [-0.25, -0.2) is 4.39 Å². The van der Waals surface area contributed by atoms with Gasteiger partial charge in [-0.3, -0.25) is 9.78 Å². The van der Waals surface area contributed by atoms with Crippen molar-refractivity contribution in [1.29, 1.82) is 0 Å². The predicted octanol–water partition coefficient (Wildman–Crippen LogP) is 6.77. The summed E-state index contributed by atoms with van der Waals surface area (Å²) in [5.41, 5.74) is 11.1. The van der Waals surface area contributed by atoms with Gasteiger partial charge in [-0.15, -0.1) is 0 Å². The Bertz CT molecular complexity index is 1400. The second-order valence-electron chi connectivity index (χ2n) is 7.78. The number of rotatable bonds is 5. The van der Waals surface area contributed by atoms with Crippen LogP contribution in [0.5, 0.6) is 0 Å². The number of aromatic nitrogens is 1. The molecule has 166 valence electrons. The van der Waals surface area contributed by atoms with E-state index >= 15 is 4.39 Å². The van der Waals surface area contributed by atoms with E-state index < -0.39 is 11.7 Å². The molecule has 0 spiro atoms. The van der Waals surface area contributed by atoms with Crippen molar-refractivity contribution in [3.05, 3.63) is 100 Å². The maximum atomic E-state index is 15.1. The fourth-order valence-corrected chi connectivity index (χ4v) is 4.26. The number of benzene rings is 3. The van der Waals surface area contributed by atoms with E-state index in [1.165, 1.54) is 0 Å². The van der Waals surface area contributed by atoms with Gasteiger partial charge in [0, 0.05) is 28.3 Å². The lowest BCUT2D eigenvalue weighted by atomic mass is 9.99. The number of nitrogens with one attached hydrogen (secondary N) is 1. The first-order valence-corrected chi connectivity index (χ1v) is 11.3. The van der Waals surface area contributed by atoms with Crippen molar-refractivity contribution >= 4 is 43.9 Å². The van der Waals surface area contributed by atoms with Crippen LogP contribution in [0.4, 0.5) is 10.1 Å². The highest BCUT2D eigenvalue weighted by molar-refractivity contribution is 9.10. The third-order valence-corrected chi connectivity index (χ3v) is 6.35. The van der Waals surface area contributed by atoms with Gasteiger partial charge in [0.05, 0.1) is 5.69 Å². The van der Waals surface area contributed by atoms with Gasteiger partial charge in [-0.2, -0.15) is 0 Å². The molecule has 3 aromatic carbocycles. The zero-order valence-corrected chi connectivity index (χ0v) is 19.9. The normalized spacial score (nSPS) is 11.9. The van der Waals surface area contributed by atoms with Gasteiger partial charge in [0.25, 0.3) is 5.91 Å². The van der Waals surface area contributed by atoms with Crippen LogP contribution >= 0.6 is 15.9 Å². The Morgan fingerprint density at radius 1 is 1.09 bits per heavy atom. The van der Waals surface area contributed by atoms with Gasteiger partial charge in [-0.1, -0.05) is 42.5 Å². The van der Waals surface area contributed by atoms with Crippen LogP contribution in [0.15, 0.2) is 83.2 Å². The molecule has 3 N–H and O–H groups in total. The van der Waals surface area contributed by atoms with E-state index in [9.17, 15) is 4.79 Å². The number of halogens is 2. The summed E-state index contributed by atoms with van der Waals surface area (Å²) in [4.78, 5) is 17.0. The van der Waals surface area contributed by atoms with Gasteiger partial charge < -0.3 is 11.1 Å². The highest BCUT2D eigenvalue weighted by Gasteiger charge is 2.16. The van der Waals surface area contributed by atoms with Crippen LogP contribution in [-0.4, -0.2) is 10.9 Å². The molecule has 1 aromatic heterocycles. The summed E-state index contributed by atoms with van der Waals surface area (Å²) in [6, 6.07) is 20.9. The van der Waals surface area contributed by atoms with E-state index in [0.717, 1.165) is 33.2 Å². The molecule has 0 fully saturated rings. The first kappa shape index (κ1) is 22.8. The number of nitrogens with two attached hydrogens (primary N) is 1. The van der Waals surface area contributed by atoms with Crippen molar-refractivity contribution in [1.82, 2.24) is 4.98 Å². The topological polar surface area (TPSA) is 68.0 Å². The average Bonchev–Trinajstić information content (AvgIpc) is 2.84. The summed E-state index contributed by atoms with van der Waals surface area (Å²) in [6.45, 7) is 3.93. The largest absolute Gasteiger partial charge is 0.326 e. The molecule has 4 rings (SSSR count). The van der Waals surface area contributed by atoms with Crippen LogP contribution in [0.2, 0.25) is 0 Å². The molecule has 0 aliphatic carbocycles. The van der Waals surface area contributed by atoms with Crippen LogP contribution in [0.3, 0.4) is 0 Å². The van der Waals surface area contributed by atoms with Crippen LogP contribution in [0.25, 0.3) is 27.5 Å². The smallest absolute Gasteiger partial charge is 0.284 e. The SMILES string of the molecule is C/C(=C(\F)C(=O)Nc1ccc(-c2ccccc2CN)cc1Br)c1ccc2ccnc(C)c2c1. The minimum absolute atomic E-state index is 0.266. The van der Waals surface area contributed by atoms with Gasteiger partial charge in [0.2, 0.25) is 0 Å². The Morgan fingerprint density at radius 3 is 2.64 bits per heavy atom. The lowest BCUT2D eigenvalue weighted by Gasteiger charge is -2.12. The van der Waals surface area contributed by atoms with E-state index in [-0.39, 0.29) is 5.57 Å². The number of carbonyl (C=O) groups excluding carboxylic acids is 1. The number of anilines is 1. The molecule has 0 aliphatic rings. The Hall–Kier alpha value is -3.35. The van der Waals surface area contributed by atoms with Crippen LogP contribution < -0.4 is 11.1 Å². The van der Waals surface area contributed by atoms with Crippen molar-refractivity contribution in [2.45, 2.75) is 20.4 Å². The van der Waals surface area contributed by atoms with Crippen molar-refractivity contribution < 1.29 is 9.18 Å². The van der Waals surface area contributed by atoms with E-state index in [2.05, 4.69) is 26.2 Å². The fourth-order valence-electron chi connectivity index (χ4n) is 3.79. The highest BCUT2D eigenvalue weighted by Crippen LogP contribution is 2.32. The Kier molecular flexibility index (Phi) is 6.67. The number of hydrogen-bond acceptors (Lipinski definition) is 3. The van der Waals surface area contributed by atoms with E-state index in [1.54, 1.807) is 19.2 Å². The number of fused-ring (bicyclic) bond motifs is 1. The number of allylic oxidation sites excluding steroid dienone is 1. The molecule has 1 heterocycles. The first-order chi connectivity index (χ1) is 15.9. The number of nitrogens with zero attached hydrogens (tertiary/aromatic N) is 1. The number of amides is 1. The molecule has 1 amide bonds. The minimum Gasteiger partial charge on any atom is -0.326 e. The van der Waals surface area contributed by atoms with Crippen LogP contribution in [0.1, 0.15) is 23.7 Å². The Balaban J connectivity index is 1.60. The molecule has 0 aliphatic heterocycles. The second-order valence-corrected chi connectivity index (χ2v) is 8.64. The summed E-state index contributed by atoms with van der Waals surface area (Å²) in [6.07, 6.45) is 1.74. The molecule has 6 heteroatoms. The van der Waals surface area contributed by atoms with E-state index in [0.29, 0.717) is 22.3 Å². The zero-order chi connectivity index (χ0) is 23.5. The highest BCUT2D eigenvalue weighted by atomic mass is 79.9. The van der Waals surface area contributed by atoms with Crippen molar-refractivity contribution in [2.24, 2.45) is 5.73 Å². The van der Waals surface area contributed by atoms with Crippen molar-refractivity contribution in [2.75, 3.05) is 5.32 Å². The molecule has 4 aromatic rings. The Labute approximate surface area is 200 Å². The molecule has 4 nitrogen and oxygen atoms in total. The van der Waals surface area contributed by atoms with Gasteiger partial charge in [0.1, 0.15) is 0 Å². The quantitative estimate of drug-likeness (QED) is 0.295. The lowest BCUT2D eigenvalue weighted by Crippen LogP contribution is -2.13. The second kappa shape index (κ2) is 9.65. The molecule has 0 unspecified atom stereocenters. The van der Waals surface area contributed by atoms with E-state index in [1.807, 2.05) is 67.6 Å². The van der Waals surface area contributed by atoms with Crippen LogP contribution in [0, 0.1) is 6.92 Å². The Morgan fingerprint density at radius 2 is 1.88 bits per heavy atom. The van der Waals surface area contributed by atoms with E-state index in [4.69, 9.17) is 5.73 Å². The predicted molar refractivity (Wildman–Crippen MR) is 136 cm³/mol.